The van der Waals surface area contributed by atoms with Gasteiger partial charge in [-0.15, -0.1) is 0 Å². The van der Waals surface area contributed by atoms with Gasteiger partial charge in [0.05, 0.1) is 16.3 Å². The van der Waals surface area contributed by atoms with Crippen LogP contribution in [0.15, 0.2) is 48.5 Å². The predicted octanol–water partition coefficient (Wildman–Crippen LogP) is 2.71. The van der Waals surface area contributed by atoms with Crippen molar-refractivity contribution in [1.29, 1.82) is 0 Å². The zero-order valence-electron chi connectivity index (χ0n) is 12.2. The zero-order chi connectivity index (χ0) is 17.0. The molecule has 0 fully saturated rings. The molecule has 0 heterocycles. The van der Waals surface area contributed by atoms with Crippen molar-refractivity contribution in [3.8, 4) is 0 Å². The van der Waals surface area contributed by atoms with Gasteiger partial charge in [0.25, 0.3) is 11.4 Å². The Hall–Kier alpha value is -3.29. The molecule has 0 spiro atoms. The lowest BCUT2D eigenvalue weighted by Gasteiger charge is -2.17. The van der Waals surface area contributed by atoms with Crippen LogP contribution in [0.1, 0.15) is 5.56 Å². The molecule has 1 amide bonds. The van der Waals surface area contributed by atoms with Crippen molar-refractivity contribution in [1.82, 2.24) is 0 Å². The minimum atomic E-state index is -0.511. The maximum Gasteiger partial charge on any atom is 0.269 e. The van der Waals surface area contributed by atoms with E-state index >= 15 is 0 Å². The van der Waals surface area contributed by atoms with Gasteiger partial charge in [-0.3, -0.25) is 25.0 Å². The number of benzene rings is 2. The third kappa shape index (κ3) is 3.88. The molecular formula is C15H13N3O5. The van der Waals surface area contributed by atoms with Gasteiger partial charge in [0, 0.05) is 37.0 Å². The van der Waals surface area contributed by atoms with Crippen molar-refractivity contribution >= 4 is 23.0 Å². The minimum absolute atomic E-state index is 0.0371. The molecule has 2 aromatic rings. The first-order valence-corrected chi connectivity index (χ1v) is 6.63. The standard InChI is InChI=1S/C15H13N3O5/c1-16(12-6-8-14(9-7-12)18(22)23)15(19)10-11-2-4-13(5-3-11)17(20)21/h2-9H,10H2,1H3. The second kappa shape index (κ2) is 6.65. The maximum atomic E-state index is 12.2. The van der Waals surface area contributed by atoms with Crippen LogP contribution in [0.5, 0.6) is 0 Å². The lowest BCUT2D eigenvalue weighted by molar-refractivity contribution is -0.385. The van der Waals surface area contributed by atoms with Gasteiger partial charge in [0.15, 0.2) is 0 Å². The molecule has 0 bridgehead atoms. The maximum absolute atomic E-state index is 12.2. The predicted molar refractivity (Wildman–Crippen MR) is 83.3 cm³/mol. The summed E-state index contributed by atoms with van der Waals surface area (Å²) in [6.07, 6.45) is 0.0749. The highest BCUT2D eigenvalue weighted by Crippen LogP contribution is 2.19. The number of rotatable bonds is 5. The summed E-state index contributed by atoms with van der Waals surface area (Å²) in [5, 5.41) is 21.2. The second-order valence-electron chi connectivity index (χ2n) is 4.83. The Bertz CT molecular complexity index is 741. The molecule has 8 nitrogen and oxygen atoms in total. The number of non-ortho nitro benzene ring substituents is 2. The summed E-state index contributed by atoms with van der Waals surface area (Å²) in [6, 6.07) is 11.4. The number of nitrogens with zero attached hydrogens (tertiary/aromatic N) is 3. The number of anilines is 1. The fraction of sp³-hybridized carbons (Fsp3) is 0.133. The van der Waals surface area contributed by atoms with E-state index in [2.05, 4.69) is 0 Å². The Morgan fingerprint density at radius 3 is 1.78 bits per heavy atom. The highest BCUT2D eigenvalue weighted by molar-refractivity contribution is 5.94. The molecule has 0 saturated carbocycles. The van der Waals surface area contributed by atoms with Crippen LogP contribution in [0.2, 0.25) is 0 Å². The first-order chi connectivity index (χ1) is 10.9. The number of carbonyl (C=O) groups excluding carboxylic acids is 1. The molecule has 8 heteroatoms. The average molecular weight is 315 g/mol. The lowest BCUT2D eigenvalue weighted by Crippen LogP contribution is -2.27. The van der Waals surface area contributed by atoms with E-state index in [0.717, 1.165) is 0 Å². The normalized spacial score (nSPS) is 10.1. The third-order valence-electron chi connectivity index (χ3n) is 3.32. The summed E-state index contributed by atoms with van der Waals surface area (Å²) >= 11 is 0. The number of nitro benzene ring substituents is 2. The van der Waals surface area contributed by atoms with E-state index in [4.69, 9.17) is 0 Å². The Balaban J connectivity index is 2.07. The topological polar surface area (TPSA) is 107 Å². The first kappa shape index (κ1) is 16.1. The Morgan fingerprint density at radius 1 is 0.913 bits per heavy atom. The van der Waals surface area contributed by atoms with Crippen LogP contribution in [0.3, 0.4) is 0 Å². The van der Waals surface area contributed by atoms with Gasteiger partial charge < -0.3 is 4.90 Å². The summed E-state index contributed by atoms with van der Waals surface area (Å²) in [6.45, 7) is 0. The summed E-state index contributed by atoms with van der Waals surface area (Å²) in [4.78, 5) is 33.8. The van der Waals surface area contributed by atoms with Gasteiger partial charge in [0.2, 0.25) is 5.91 Å². The van der Waals surface area contributed by atoms with Crippen molar-refractivity contribution in [3.63, 3.8) is 0 Å². The lowest BCUT2D eigenvalue weighted by atomic mass is 10.1. The van der Waals surface area contributed by atoms with Crippen LogP contribution in [-0.2, 0) is 11.2 Å². The van der Waals surface area contributed by atoms with Crippen LogP contribution in [0.25, 0.3) is 0 Å². The van der Waals surface area contributed by atoms with E-state index < -0.39 is 9.85 Å². The fourth-order valence-electron chi connectivity index (χ4n) is 1.97. The molecule has 0 radical (unpaired) electrons. The Labute approximate surface area is 131 Å². The van der Waals surface area contributed by atoms with Gasteiger partial charge in [-0.2, -0.15) is 0 Å². The molecule has 0 N–H and O–H groups in total. The minimum Gasteiger partial charge on any atom is -0.315 e. The van der Waals surface area contributed by atoms with Crippen molar-refractivity contribution in [2.75, 3.05) is 11.9 Å². The molecule has 2 aromatic carbocycles. The highest BCUT2D eigenvalue weighted by atomic mass is 16.6. The van der Waals surface area contributed by atoms with Crippen molar-refractivity contribution in [2.24, 2.45) is 0 Å². The molecule has 118 valence electrons. The number of amides is 1. The fourth-order valence-corrected chi connectivity index (χ4v) is 1.97. The van der Waals surface area contributed by atoms with Crippen LogP contribution < -0.4 is 4.90 Å². The number of carbonyl (C=O) groups is 1. The molecule has 0 saturated heterocycles. The van der Waals surface area contributed by atoms with E-state index in [0.29, 0.717) is 11.3 Å². The molecule has 0 aliphatic rings. The largest absolute Gasteiger partial charge is 0.315 e. The molecule has 0 atom stereocenters. The van der Waals surface area contributed by atoms with E-state index in [1.807, 2.05) is 0 Å². The first-order valence-electron chi connectivity index (χ1n) is 6.63. The van der Waals surface area contributed by atoms with Crippen LogP contribution in [-0.4, -0.2) is 22.8 Å². The van der Waals surface area contributed by atoms with Gasteiger partial charge in [-0.05, 0) is 17.7 Å². The summed E-state index contributed by atoms with van der Waals surface area (Å²) in [7, 11) is 1.56. The van der Waals surface area contributed by atoms with Crippen molar-refractivity contribution < 1.29 is 14.6 Å². The van der Waals surface area contributed by atoms with E-state index in [1.165, 1.54) is 53.4 Å². The number of hydrogen-bond acceptors (Lipinski definition) is 5. The molecular weight excluding hydrogens is 302 g/mol. The number of likely N-dealkylation sites (N-methyl/N-ethyl adjacent to an activating group) is 1. The highest BCUT2D eigenvalue weighted by Gasteiger charge is 2.14. The number of nitro groups is 2. The van der Waals surface area contributed by atoms with Gasteiger partial charge in [0.1, 0.15) is 0 Å². The smallest absolute Gasteiger partial charge is 0.269 e. The summed E-state index contributed by atoms with van der Waals surface area (Å²) < 4.78 is 0. The van der Waals surface area contributed by atoms with Crippen molar-refractivity contribution in [2.45, 2.75) is 6.42 Å². The summed E-state index contributed by atoms with van der Waals surface area (Å²) in [5.41, 5.74) is 1.09. The number of hydrogen-bond donors (Lipinski definition) is 0. The van der Waals surface area contributed by atoms with Crippen LogP contribution in [0, 0.1) is 20.2 Å². The quantitative estimate of drug-likeness (QED) is 0.623. The summed E-state index contributed by atoms with van der Waals surface area (Å²) in [5.74, 6) is -0.229. The molecule has 0 aliphatic heterocycles. The van der Waals surface area contributed by atoms with Gasteiger partial charge in [-0.25, -0.2) is 0 Å². The van der Waals surface area contributed by atoms with Crippen LogP contribution >= 0.6 is 0 Å². The van der Waals surface area contributed by atoms with E-state index in [1.54, 1.807) is 7.05 Å². The Kier molecular flexibility index (Phi) is 4.65. The molecule has 0 unspecified atom stereocenters. The molecule has 0 aliphatic carbocycles. The molecule has 2 rings (SSSR count). The van der Waals surface area contributed by atoms with E-state index in [9.17, 15) is 25.0 Å². The zero-order valence-corrected chi connectivity index (χ0v) is 12.2. The van der Waals surface area contributed by atoms with Gasteiger partial charge >= 0.3 is 0 Å². The van der Waals surface area contributed by atoms with Gasteiger partial charge in [-0.1, -0.05) is 12.1 Å². The van der Waals surface area contributed by atoms with E-state index in [-0.39, 0.29) is 23.7 Å². The van der Waals surface area contributed by atoms with Crippen molar-refractivity contribution in [3.05, 3.63) is 74.3 Å². The average Bonchev–Trinajstić information content (AvgIpc) is 2.54. The second-order valence-corrected chi connectivity index (χ2v) is 4.83. The SMILES string of the molecule is CN(C(=O)Cc1ccc([N+](=O)[O-])cc1)c1ccc([N+](=O)[O-])cc1. The molecule has 23 heavy (non-hydrogen) atoms. The monoisotopic (exact) mass is 315 g/mol. The Morgan fingerprint density at radius 2 is 1.35 bits per heavy atom. The molecule has 0 aromatic heterocycles. The third-order valence-corrected chi connectivity index (χ3v) is 3.32. The van der Waals surface area contributed by atoms with Crippen LogP contribution in [0.4, 0.5) is 17.1 Å².